The van der Waals surface area contributed by atoms with Crippen LogP contribution in [0, 0.1) is 0 Å². The molecule has 0 unspecified atom stereocenters. The van der Waals surface area contributed by atoms with E-state index in [2.05, 4.69) is 10.3 Å². The number of carbonyl (C=O) groups is 3. The van der Waals surface area contributed by atoms with E-state index in [0.717, 1.165) is 0 Å². The molecule has 1 amide bonds. The largest absolute Gasteiger partial charge is 0.338 e. The number of Topliss-reactive ketones (excluding diaryl/α,β-unsaturated/α-hetero) is 1. The summed E-state index contributed by atoms with van der Waals surface area (Å²) in [6, 6.07) is 8.93. The van der Waals surface area contributed by atoms with Crippen LogP contribution in [0.15, 0.2) is 60.8 Å². The Morgan fingerprint density at radius 3 is 2.63 bits per heavy atom. The Morgan fingerprint density at radius 2 is 1.89 bits per heavy atom. The maximum Gasteiger partial charge on any atom is 0.251 e. The number of nitrogens with zero attached hydrogens (tertiary/aromatic N) is 4. The smallest absolute Gasteiger partial charge is 0.251 e. The number of amides is 1. The molecule has 2 aliphatic rings. The Kier molecular flexibility index (Phi) is 4.25. The van der Waals surface area contributed by atoms with Crippen molar-refractivity contribution in [2.24, 2.45) is 0 Å². The minimum atomic E-state index is -1.07. The average Bonchev–Trinajstić information content (AvgIpc) is 3.25. The second-order valence-corrected chi connectivity index (χ2v) is 6.29. The molecule has 0 atom stereocenters. The first kappa shape index (κ1) is 17.0. The summed E-state index contributed by atoms with van der Waals surface area (Å²) in [6.07, 6.45) is 7.50. The highest BCUT2D eigenvalue weighted by Crippen LogP contribution is 2.31. The Bertz CT molecular complexity index is 945. The molecule has 1 aliphatic heterocycles. The minimum Gasteiger partial charge on any atom is -0.338 e. The predicted molar refractivity (Wildman–Crippen MR) is 93.3 cm³/mol. The summed E-state index contributed by atoms with van der Waals surface area (Å²) < 4.78 is 7.04. The lowest BCUT2D eigenvalue weighted by Crippen LogP contribution is -2.44. The summed E-state index contributed by atoms with van der Waals surface area (Å²) in [7, 11) is 0. The van der Waals surface area contributed by atoms with Crippen LogP contribution in [0.1, 0.15) is 16.1 Å². The fraction of sp³-hybridized carbons (Fsp3) is 0.211. The maximum absolute atomic E-state index is 12.3. The van der Waals surface area contributed by atoms with Crippen LogP contribution >= 0.6 is 0 Å². The van der Waals surface area contributed by atoms with Crippen LogP contribution in [0.2, 0.25) is 0 Å². The van der Waals surface area contributed by atoms with Gasteiger partial charge in [-0.2, -0.15) is 0 Å². The van der Waals surface area contributed by atoms with Crippen molar-refractivity contribution in [1.82, 2.24) is 19.9 Å². The molecule has 2 aromatic rings. The number of carbonyl (C=O) groups excluding carboxylic acids is 3. The van der Waals surface area contributed by atoms with Gasteiger partial charge in [-0.15, -0.1) is 5.10 Å². The van der Waals surface area contributed by atoms with E-state index in [1.165, 1.54) is 21.7 Å². The van der Waals surface area contributed by atoms with Gasteiger partial charge in [-0.25, -0.2) is 4.68 Å². The molecule has 136 valence electrons. The van der Waals surface area contributed by atoms with Crippen molar-refractivity contribution >= 4 is 17.5 Å². The fourth-order valence-electron chi connectivity index (χ4n) is 3.04. The average molecular weight is 364 g/mol. The van der Waals surface area contributed by atoms with Crippen LogP contribution in [0.5, 0.6) is 0 Å². The Balaban J connectivity index is 1.48. The number of rotatable bonds is 5. The van der Waals surface area contributed by atoms with E-state index in [1.807, 2.05) is 6.07 Å². The summed E-state index contributed by atoms with van der Waals surface area (Å²) in [5.74, 6) is -0.455. The molecule has 1 fully saturated rings. The standard InChI is InChI=1S/C19H16N4O4/c24-16-6-8-19(9-7-16)23(18(26)13-27-19)11-15-10-22(21-20-15)12-17(25)14-4-2-1-3-5-14/h1-10H,11-13H2. The van der Waals surface area contributed by atoms with Crippen molar-refractivity contribution in [3.63, 3.8) is 0 Å². The zero-order valence-electron chi connectivity index (χ0n) is 14.3. The van der Waals surface area contributed by atoms with E-state index in [4.69, 9.17) is 4.74 Å². The molecule has 1 aromatic carbocycles. The van der Waals surface area contributed by atoms with Gasteiger partial charge in [0.2, 0.25) is 0 Å². The van der Waals surface area contributed by atoms with Crippen LogP contribution in [-0.2, 0) is 27.4 Å². The van der Waals surface area contributed by atoms with Gasteiger partial charge < -0.3 is 4.74 Å². The van der Waals surface area contributed by atoms with E-state index in [9.17, 15) is 14.4 Å². The summed E-state index contributed by atoms with van der Waals surface area (Å²) >= 11 is 0. The number of aromatic nitrogens is 3. The highest BCUT2D eigenvalue weighted by atomic mass is 16.5. The van der Waals surface area contributed by atoms with Crippen LogP contribution in [0.3, 0.4) is 0 Å². The molecule has 4 rings (SSSR count). The molecule has 1 spiro atoms. The zero-order valence-corrected chi connectivity index (χ0v) is 14.3. The van der Waals surface area contributed by atoms with E-state index in [1.54, 1.807) is 42.6 Å². The van der Waals surface area contributed by atoms with Gasteiger partial charge in [-0.05, 0) is 24.3 Å². The molecule has 8 heteroatoms. The molecule has 8 nitrogen and oxygen atoms in total. The fourth-order valence-corrected chi connectivity index (χ4v) is 3.04. The highest BCUT2D eigenvalue weighted by Gasteiger charge is 2.44. The molecule has 0 bridgehead atoms. The number of hydrogen-bond acceptors (Lipinski definition) is 6. The third-order valence-electron chi connectivity index (χ3n) is 4.43. The molecular weight excluding hydrogens is 348 g/mol. The van der Waals surface area contributed by atoms with E-state index < -0.39 is 5.72 Å². The molecule has 1 aliphatic carbocycles. The van der Waals surface area contributed by atoms with E-state index in [-0.39, 0.29) is 37.2 Å². The van der Waals surface area contributed by atoms with Crippen molar-refractivity contribution in [3.05, 3.63) is 72.1 Å². The van der Waals surface area contributed by atoms with Crippen molar-refractivity contribution in [3.8, 4) is 0 Å². The second-order valence-electron chi connectivity index (χ2n) is 6.29. The third kappa shape index (κ3) is 3.34. The van der Waals surface area contributed by atoms with Crippen molar-refractivity contribution in [1.29, 1.82) is 0 Å². The Hall–Kier alpha value is -3.39. The Morgan fingerprint density at radius 1 is 1.15 bits per heavy atom. The maximum atomic E-state index is 12.3. The van der Waals surface area contributed by atoms with Crippen LogP contribution in [0.25, 0.3) is 0 Å². The molecular formula is C19H16N4O4. The van der Waals surface area contributed by atoms with Gasteiger partial charge in [-0.3, -0.25) is 19.3 Å². The topological polar surface area (TPSA) is 94.4 Å². The third-order valence-corrected chi connectivity index (χ3v) is 4.43. The van der Waals surface area contributed by atoms with Gasteiger partial charge in [-0.1, -0.05) is 35.5 Å². The summed E-state index contributed by atoms with van der Waals surface area (Å²) in [6.45, 7) is 0.131. The van der Waals surface area contributed by atoms with Gasteiger partial charge in [0, 0.05) is 5.56 Å². The lowest BCUT2D eigenvalue weighted by atomic mass is 10.0. The predicted octanol–water partition coefficient (Wildman–Crippen LogP) is 0.911. The highest BCUT2D eigenvalue weighted by molar-refractivity contribution is 6.01. The van der Waals surface area contributed by atoms with E-state index in [0.29, 0.717) is 11.3 Å². The van der Waals surface area contributed by atoms with E-state index >= 15 is 0 Å². The summed E-state index contributed by atoms with van der Waals surface area (Å²) in [5, 5.41) is 8.02. The quantitative estimate of drug-likeness (QED) is 0.732. The minimum absolute atomic E-state index is 0.0565. The molecule has 0 saturated carbocycles. The molecule has 1 aromatic heterocycles. The first-order chi connectivity index (χ1) is 13.1. The molecule has 0 radical (unpaired) electrons. The number of benzene rings is 1. The number of ether oxygens (including phenoxy) is 1. The number of ketones is 2. The molecule has 1 saturated heterocycles. The van der Waals surface area contributed by atoms with Gasteiger partial charge in [0.25, 0.3) is 5.91 Å². The van der Waals surface area contributed by atoms with Crippen molar-refractivity contribution < 1.29 is 19.1 Å². The second kappa shape index (κ2) is 6.73. The monoisotopic (exact) mass is 364 g/mol. The van der Waals surface area contributed by atoms with Gasteiger partial charge in [0.1, 0.15) is 18.8 Å². The van der Waals surface area contributed by atoms with Crippen LogP contribution in [-0.4, -0.2) is 49.7 Å². The number of allylic oxidation sites excluding steroid dienone is 2. The first-order valence-corrected chi connectivity index (χ1v) is 8.40. The summed E-state index contributed by atoms with van der Waals surface area (Å²) in [4.78, 5) is 37.4. The van der Waals surface area contributed by atoms with Gasteiger partial charge in [0.05, 0.1) is 12.7 Å². The lowest BCUT2D eigenvalue weighted by Gasteiger charge is -2.32. The van der Waals surface area contributed by atoms with Crippen LogP contribution < -0.4 is 0 Å². The molecule has 0 N–H and O–H groups in total. The van der Waals surface area contributed by atoms with Gasteiger partial charge >= 0.3 is 0 Å². The lowest BCUT2D eigenvalue weighted by molar-refractivity contribution is -0.129. The number of hydrogen-bond donors (Lipinski definition) is 0. The van der Waals surface area contributed by atoms with Crippen molar-refractivity contribution in [2.45, 2.75) is 18.8 Å². The van der Waals surface area contributed by atoms with Gasteiger partial charge in [0.15, 0.2) is 17.3 Å². The van der Waals surface area contributed by atoms with Crippen LogP contribution in [0.4, 0.5) is 0 Å². The Labute approximate surface area is 154 Å². The SMILES string of the molecule is O=C1C=CC2(C=C1)OCC(=O)N2Cc1cn(CC(=O)c2ccccc2)nn1. The molecule has 2 heterocycles. The zero-order chi connectivity index (χ0) is 18.9. The normalized spacial score (nSPS) is 17.9. The molecule has 27 heavy (non-hydrogen) atoms. The first-order valence-electron chi connectivity index (χ1n) is 8.40. The summed E-state index contributed by atoms with van der Waals surface area (Å²) in [5.41, 5.74) is 0.0424. The van der Waals surface area contributed by atoms with Crippen molar-refractivity contribution in [2.75, 3.05) is 6.61 Å².